The zero-order valence-corrected chi connectivity index (χ0v) is 12.9. The van der Waals surface area contributed by atoms with Crippen LogP contribution in [0.15, 0.2) is 48.5 Å². The first-order chi connectivity index (χ1) is 10.1. The van der Waals surface area contributed by atoms with Crippen LogP contribution >= 0.6 is 11.6 Å². The molecule has 0 bridgehead atoms. The number of hydrogen-bond acceptors (Lipinski definition) is 2. The maximum absolute atomic E-state index is 12.1. The SMILES string of the molecule is COc1ccc(CC(=O)N[C@@H](C)c2cccc(Cl)c2)cc1. The summed E-state index contributed by atoms with van der Waals surface area (Å²) in [6.07, 6.45) is 0.342. The van der Waals surface area contributed by atoms with E-state index in [0.29, 0.717) is 11.4 Å². The summed E-state index contributed by atoms with van der Waals surface area (Å²) in [5, 5.41) is 3.64. The Hall–Kier alpha value is -2.00. The Bertz CT molecular complexity index is 610. The highest BCUT2D eigenvalue weighted by Gasteiger charge is 2.10. The van der Waals surface area contributed by atoms with Crippen molar-refractivity contribution in [3.63, 3.8) is 0 Å². The molecular weight excluding hydrogens is 286 g/mol. The van der Waals surface area contributed by atoms with E-state index in [-0.39, 0.29) is 11.9 Å². The van der Waals surface area contributed by atoms with Gasteiger partial charge < -0.3 is 10.1 Å². The van der Waals surface area contributed by atoms with Gasteiger partial charge in [-0.25, -0.2) is 0 Å². The fraction of sp³-hybridized carbons (Fsp3) is 0.235. The highest BCUT2D eigenvalue weighted by Crippen LogP contribution is 2.17. The molecule has 2 aromatic carbocycles. The van der Waals surface area contributed by atoms with Crippen molar-refractivity contribution in [2.24, 2.45) is 0 Å². The Morgan fingerprint density at radius 1 is 1.24 bits per heavy atom. The smallest absolute Gasteiger partial charge is 0.224 e. The molecule has 2 rings (SSSR count). The lowest BCUT2D eigenvalue weighted by Gasteiger charge is -2.14. The summed E-state index contributed by atoms with van der Waals surface area (Å²) in [4.78, 5) is 12.1. The molecule has 0 saturated heterocycles. The third-order valence-electron chi connectivity index (χ3n) is 3.25. The van der Waals surface area contributed by atoms with Gasteiger partial charge in [0.25, 0.3) is 0 Å². The molecule has 0 spiro atoms. The van der Waals surface area contributed by atoms with Gasteiger partial charge >= 0.3 is 0 Å². The average Bonchev–Trinajstić information content (AvgIpc) is 2.48. The van der Waals surface area contributed by atoms with Gasteiger partial charge in [-0.3, -0.25) is 4.79 Å². The van der Waals surface area contributed by atoms with E-state index in [1.807, 2.05) is 55.5 Å². The fourth-order valence-corrected chi connectivity index (χ4v) is 2.28. The van der Waals surface area contributed by atoms with E-state index in [1.54, 1.807) is 7.11 Å². The van der Waals surface area contributed by atoms with Gasteiger partial charge in [-0.15, -0.1) is 0 Å². The fourth-order valence-electron chi connectivity index (χ4n) is 2.08. The Balaban J connectivity index is 1.94. The first-order valence-electron chi connectivity index (χ1n) is 6.76. The molecular formula is C17H18ClNO2. The molecule has 3 nitrogen and oxygen atoms in total. The lowest BCUT2D eigenvalue weighted by Crippen LogP contribution is -2.28. The molecule has 0 aliphatic heterocycles. The van der Waals surface area contributed by atoms with Gasteiger partial charge in [0.05, 0.1) is 19.6 Å². The molecule has 0 aliphatic rings. The van der Waals surface area contributed by atoms with Crippen molar-refractivity contribution in [2.75, 3.05) is 7.11 Å². The summed E-state index contributed by atoms with van der Waals surface area (Å²) in [6.45, 7) is 1.94. The summed E-state index contributed by atoms with van der Waals surface area (Å²) >= 11 is 5.96. The quantitative estimate of drug-likeness (QED) is 0.913. The first kappa shape index (κ1) is 15.4. The second-order valence-corrected chi connectivity index (χ2v) is 5.31. The summed E-state index contributed by atoms with van der Waals surface area (Å²) in [5.74, 6) is 0.763. The number of methoxy groups -OCH3 is 1. The summed E-state index contributed by atoms with van der Waals surface area (Å²) in [7, 11) is 1.62. The van der Waals surface area contributed by atoms with Crippen LogP contribution in [0.1, 0.15) is 24.1 Å². The number of amides is 1. The van der Waals surface area contributed by atoms with Gasteiger partial charge in [-0.2, -0.15) is 0 Å². The van der Waals surface area contributed by atoms with Crippen LogP contribution in [0.3, 0.4) is 0 Å². The molecule has 2 aromatic rings. The average molecular weight is 304 g/mol. The van der Waals surface area contributed by atoms with Crippen LogP contribution in [0.25, 0.3) is 0 Å². The molecule has 1 amide bonds. The predicted octanol–water partition coefficient (Wildman–Crippen LogP) is 3.77. The zero-order valence-electron chi connectivity index (χ0n) is 12.1. The van der Waals surface area contributed by atoms with Gasteiger partial charge in [0.1, 0.15) is 5.75 Å². The van der Waals surface area contributed by atoms with Gasteiger partial charge in [0.15, 0.2) is 0 Å². The van der Waals surface area contributed by atoms with Crippen LogP contribution in [0, 0.1) is 0 Å². The molecule has 0 aliphatic carbocycles. The molecule has 0 unspecified atom stereocenters. The third kappa shape index (κ3) is 4.50. The van der Waals surface area contributed by atoms with Crippen molar-refractivity contribution in [3.05, 3.63) is 64.7 Å². The molecule has 1 N–H and O–H groups in total. The largest absolute Gasteiger partial charge is 0.497 e. The molecule has 0 aromatic heterocycles. The van der Waals surface area contributed by atoms with Gasteiger partial charge in [-0.1, -0.05) is 35.9 Å². The number of halogens is 1. The minimum absolute atomic E-state index is 0.0207. The van der Waals surface area contributed by atoms with Crippen LogP contribution in [-0.2, 0) is 11.2 Å². The number of nitrogens with one attached hydrogen (secondary N) is 1. The normalized spacial score (nSPS) is 11.8. The monoisotopic (exact) mass is 303 g/mol. The zero-order chi connectivity index (χ0) is 15.2. The predicted molar refractivity (Wildman–Crippen MR) is 84.7 cm³/mol. The lowest BCUT2D eigenvalue weighted by atomic mass is 10.1. The number of carbonyl (C=O) groups excluding carboxylic acids is 1. The van der Waals surface area contributed by atoms with Crippen LogP contribution in [0.2, 0.25) is 5.02 Å². The van der Waals surface area contributed by atoms with Gasteiger partial charge in [-0.05, 0) is 42.3 Å². The minimum atomic E-state index is -0.0746. The topological polar surface area (TPSA) is 38.3 Å². The Labute approximate surface area is 129 Å². The number of carbonyl (C=O) groups is 1. The van der Waals surface area contributed by atoms with E-state index in [1.165, 1.54) is 0 Å². The Kier molecular flexibility index (Phi) is 5.23. The summed E-state index contributed by atoms with van der Waals surface area (Å²) < 4.78 is 5.09. The maximum atomic E-state index is 12.1. The second-order valence-electron chi connectivity index (χ2n) is 4.87. The van der Waals surface area contributed by atoms with E-state index in [0.717, 1.165) is 16.9 Å². The van der Waals surface area contributed by atoms with Crippen molar-refractivity contribution in [1.29, 1.82) is 0 Å². The highest BCUT2D eigenvalue weighted by atomic mass is 35.5. The van der Waals surface area contributed by atoms with Crippen LogP contribution in [0.5, 0.6) is 5.75 Å². The van der Waals surface area contributed by atoms with Crippen LogP contribution in [-0.4, -0.2) is 13.0 Å². The molecule has 110 valence electrons. The molecule has 0 fully saturated rings. The first-order valence-corrected chi connectivity index (χ1v) is 7.14. The Morgan fingerprint density at radius 3 is 2.57 bits per heavy atom. The molecule has 0 radical (unpaired) electrons. The molecule has 1 atom stereocenters. The van der Waals surface area contributed by atoms with E-state index < -0.39 is 0 Å². The third-order valence-corrected chi connectivity index (χ3v) is 3.49. The molecule has 21 heavy (non-hydrogen) atoms. The second kappa shape index (κ2) is 7.14. The number of benzene rings is 2. The van der Waals surface area contributed by atoms with E-state index in [4.69, 9.17) is 16.3 Å². The van der Waals surface area contributed by atoms with Gasteiger partial charge in [0, 0.05) is 5.02 Å². The van der Waals surface area contributed by atoms with Crippen molar-refractivity contribution < 1.29 is 9.53 Å². The number of hydrogen-bond donors (Lipinski definition) is 1. The maximum Gasteiger partial charge on any atom is 0.224 e. The highest BCUT2D eigenvalue weighted by molar-refractivity contribution is 6.30. The van der Waals surface area contributed by atoms with Gasteiger partial charge in [0.2, 0.25) is 5.91 Å². The van der Waals surface area contributed by atoms with E-state index in [2.05, 4.69) is 5.32 Å². The molecule has 0 heterocycles. The van der Waals surface area contributed by atoms with Crippen molar-refractivity contribution in [1.82, 2.24) is 5.32 Å². The lowest BCUT2D eigenvalue weighted by molar-refractivity contribution is -0.121. The van der Waals surface area contributed by atoms with Crippen molar-refractivity contribution >= 4 is 17.5 Å². The minimum Gasteiger partial charge on any atom is -0.497 e. The standard InChI is InChI=1S/C17H18ClNO2/c1-12(14-4-3-5-15(18)11-14)19-17(20)10-13-6-8-16(21-2)9-7-13/h3-9,11-12H,10H2,1-2H3,(H,19,20)/t12-/m0/s1. The molecule has 4 heteroatoms. The van der Waals surface area contributed by atoms with E-state index in [9.17, 15) is 4.79 Å². The van der Waals surface area contributed by atoms with Crippen LogP contribution < -0.4 is 10.1 Å². The number of rotatable bonds is 5. The summed E-state index contributed by atoms with van der Waals surface area (Å²) in [6, 6.07) is 14.9. The molecule has 0 saturated carbocycles. The van der Waals surface area contributed by atoms with Crippen LogP contribution in [0.4, 0.5) is 0 Å². The van der Waals surface area contributed by atoms with Crippen molar-refractivity contribution in [3.8, 4) is 5.75 Å². The summed E-state index contributed by atoms with van der Waals surface area (Å²) in [5.41, 5.74) is 1.94. The van der Waals surface area contributed by atoms with E-state index >= 15 is 0 Å². The Morgan fingerprint density at radius 2 is 1.95 bits per heavy atom. The number of ether oxygens (including phenoxy) is 1. The van der Waals surface area contributed by atoms with Crippen molar-refractivity contribution in [2.45, 2.75) is 19.4 Å².